The first-order valence-corrected chi connectivity index (χ1v) is 4.96. The first-order valence-electron chi connectivity index (χ1n) is 4.59. The van der Waals surface area contributed by atoms with Crippen LogP contribution in [-0.2, 0) is 4.74 Å². The largest absolute Gasteiger partial charge is 0.490 e. The lowest BCUT2D eigenvalue weighted by atomic mass is 10.2. The molecular formula is C10H13ClN2O3. The molecule has 0 fully saturated rings. The van der Waals surface area contributed by atoms with Crippen molar-refractivity contribution < 1.29 is 14.7 Å². The molecule has 0 saturated heterocycles. The summed E-state index contributed by atoms with van der Waals surface area (Å²) in [6.45, 7) is 0.810. The van der Waals surface area contributed by atoms with Crippen LogP contribution in [0.3, 0.4) is 0 Å². The maximum atomic E-state index is 8.63. The average Bonchev–Trinajstić information content (AvgIpc) is 2.29. The Morgan fingerprint density at radius 1 is 1.50 bits per heavy atom. The van der Waals surface area contributed by atoms with E-state index < -0.39 is 0 Å². The number of nitrogens with two attached hydrogens (primary N) is 1. The molecule has 3 N–H and O–H groups in total. The van der Waals surface area contributed by atoms with Gasteiger partial charge in [0.25, 0.3) is 0 Å². The van der Waals surface area contributed by atoms with E-state index in [1.807, 2.05) is 0 Å². The van der Waals surface area contributed by atoms with Crippen LogP contribution >= 0.6 is 11.6 Å². The zero-order valence-electron chi connectivity index (χ0n) is 8.81. The van der Waals surface area contributed by atoms with E-state index in [9.17, 15) is 0 Å². The molecule has 0 saturated carbocycles. The van der Waals surface area contributed by atoms with Crippen molar-refractivity contribution in [2.45, 2.75) is 0 Å². The average molecular weight is 245 g/mol. The maximum absolute atomic E-state index is 8.63. The van der Waals surface area contributed by atoms with Gasteiger partial charge in [-0.1, -0.05) is 22.8 Å². The third-order valence-electron chi connectivity index (χ3n) is 1.88. The molecule has 0 aliphatic heterocycles. The minimum absolute atomic E-state index is 0.0852. The number of methoxy groups -OCH3 is 1. The molecule has 0 aliphatic rings. The second kappa shape index (κ2) is 6.19. The van der Waals surface area contributed by atoms with Crippen LogP contribution in [0.4, 0.5) is 0 Å². The highest BCUT2D eigenvalue weighted by molar-refractivity contribution is 6.34. The van der Waals surface area contributed by atoms with E-state index in [4.69, 9.17) is 32.0 Å². The predicted molar refractivity (Wildman–Crippen MR) is 61.3 cm³/mol. The van der Waals surface area contributed by atoms with Crippen molar-refractivity contribution >= 4 is 17.4 Å². The number of amidine groups is 1. The number of benzene rings is 1. The summed E-state index contributed by atoms with van der Waals surface area (Å²) in [5.74, 6) is 0.373. The Labute approximate surface area is 98.4 Å². The minimum atomic E-state index is -0.0852. The molecule has 0 bridgehead atoms. The van der Waals surface area contributed by atoms with Gasteiger partial charge in [0, 0.05) is 7.11 Å². The Balaban J connectivity index is 2.94. The van der Waals surface area contributed by atoms with Crippen molar-refractivity contribution in [3.05, 3.63) is 28.8 Å². The van der Waals surface area contributed by atoms with Crippen molar-refractivity contribution in [1.29, 1.82) is 0 Å². The molecule has 1 aromatic carbocycles. The van der Waals surface area contributed by atoms with Gasteiger partial charge >= 0.3 is 0 Å². The van der Waals surface area contributed by atoms with Gasteiger partial charge in [-0.25, -0.2) is 0 Å². The number of rotatable bonds is 5. The van der Waals surface area contributed by atoms with Gasteiger partial charge < -0.3 is 20.4 Å². The summed E-state index contributed by atoms with van der Waals surface area (Å²) in [4.78, 5) is 0. The van der Waals surface area contributed by atoms with Crippen molar-refractivity contribution in [3.8, 4) is 5.75 Å². The SMILES string of the molecule is COCCOc1cccc(Cl)c1C(N)=NO. The van der Waals surface area contributed by atoms with Gasteiger partial charge in [0.15, 0.2) is 5.84 Å². The molecular weight excluding hydrogens is 232 g/mol. The van der Waals surface area contributed by atoms with Crippen LogP contribution in [0.5, 0.6) is 5.75 Å². The van der Waals surface area contributed by atoms with Gasteiger partial charge in [0.1, 0.15) is 12.4 Å². The molecule has 0 aliphatic carbocycles. The minimum Gasteiger partial charge on any atom is -0.490 e. The Hall–Kier alpha value is -1.46. The third kappa shape index (κ3) is 3.01. The smallest absolute Gasteiger partial charge is 0.175 e. The highest BCUT2D eigenvalue weighted by Gasteiger charge is 2.12. The Kier molecular flexibility index (Phi) is 4.88. The van der Waals surface area contributed by atoms with E-state index in [1.54, 1.807) is 25.3 Å². The Morgan fingerprint density at radius 2 is 2.25 bits per heavy atom. The maximum Gasteiger partial charge on any atom is 0.175 e. The monoisotopic (exact) mass is 244 g/mol. The number of hydrogen-bond donors (Lipinski definition) is 2. The topological polar surface area (TPSA) is 77.1 Å². The van der Waals surface area contributed by atoms with Crippen LogP contribution in [0, 0.1) is 0 Å². The van der Waals surface area contributed by atoms with Crippen molar-refractivity contribution in [3.63, 3.8) is 0 Å². The van der Waals surface area contributed by atoms with E-state index in [-0.39, 0.29) is 5.84 Å². The second-order valence-corrected chi connectivity index (χ2v) is 3.35. The first kappa shape index (κ1) is 12.6. The summed E-state index contributed by atoms with van der Waals surface area (Å²) in [6.07, 6.45) is 0. The fraction of sp³-hybridized carbons (Fsp3) is 0.300. The molecule has 0 aromatic heterocycles. The van der Waals surface area contributed by atoms with Crippen molar-refractivity contribution in [2.75, 3.05) is 20.3 Å². The zero-order chi connectivity index (χ0) is 12.0. The van der Waals surface area contributed by atoms with E-state index in [2.05, 4.69) is 5.16 Å². The Morgan fingerprint density at radius 3 is 2.88 bits per heavy atom. The number of hydrogen-bond acceptors (Lipinski definition) is 4. The van der Waals surface area contributed by atoms with E-state index >= 15 is 0 Å². The van der Waals surface area contributed by atoms with Crippen molar-refractivity contribution in [2.24, 2.45) is 10.9 Å². The summed E-state index contributed by atoms with van der Waals surface area (Å²) < 4.78 is 10.3. The van der Waals surface area contributed by atoms with E-state index in [0.29, 0.717) is 29.5 Å². The molecule has 0 atom stereocenters. The molecule has 0 amide bonds. The Bertz CT molecular complexity index is 382. The third-order valence-corrected chi connectivity index (χ3v) is 2.20. The molecule has 0 radical (unpaired) electrons. The first-order chi connectivity index (χ1) is 7.70. The standard InChI is InChI=1S/C10H13ClN2O3/c1-15-5-6-16-8-4-2-3-7(11)9(8)10(12)13-14/h2-4,14H,5-6H2,1H3,(H2,12,13). The lowest BCUT2D eigenvalue weighted by molar-refractivity contribution is 0.146. The molecule has 16 heavy (non-hydrogen) atoms. The highest BCUT2D eigenvalue weighted by Crippen LogP contribution is 2.26. The predicted octanol–water partition coefficient (Wildman–Crippen LogP) is 1.46. The lowest BCUT2D eigenvalue weighted by Crippen LogP contribution is -2.16. The van der Waals surface area contributed by atoms with Gasteiger partial charge in [-0.05, 0) is 12.1 Å². The quantitative estimate of drug-likeness (QED) is 0.270. The number of oxime groups is 1. The lowest BCUT2D eigenvalue weighted by Gasteiger charge is -2.11. The number of nitrogens with zero attached hydrogens (tertiary/aromatic N) is 1. The summed E-state index contributed by atoms with van der Waals surface area (Å²) in [6, 6.07) is 5.05. The summed E-state index contributed by atoms with van der Waals surface area (Å²) in [5.41, 5.74) is 5.88. The van der Waals surface area contributed by atoms with Crippen LogP contribution in [0.25, 0.3) is 0 Å². The van der Waals surface area contributed by atoms with Crippen LogP contribution in [-0.4, -0.2) is 31.4 Å². The van der Waals surface area contributed by atoms with Crippen LogP contribution < -0.4 is 10.5 Å². The molecule has 5 nitrogen and oxygen atoms in total. The summed E-state index contributed by atoms with van der Waals surface area (Å²) >= 11 is 5.93. The van der Waals surface area contributed by atoms with Gasteiger partial charge in [-0.15, -0.1) is 0 Å². The zero-order valence-corrected chi connectivity index (χ0v) is 9.57. The molecule has 88 valence electrons. The van der Waals surface area contributed by atoms with E-state index in [1.165, 1.54) is 0 Å². The van der Waals surface area contributed by atoms with Gasteiger partial charge in [0.2, 0.25) is 0 Å². The van der Waals surface area contributed by atoms with Gasteiger partial charge in [-0.3, -0.25) is 0 Å². The molecule has 1 aromatic rings. The highest BCUT2D eigenvalue weighted by atomic mass is 35.5. The molecule has 1 rings (SSSR count). The summed E-state index contributed by atoms with van der Waals surface area (Å²) in [5, 5.41) is 11.9. The van der Waals surface area contributed by atoms with Crippen LogP contribution in [0.1, 0.15) is 5.56 Å². The number of halogens is 1. The fourth-order valence-corrected chi connectivity index (χ4v) is 1.42. The summed E-state index contributed by atoms with van der Waals surface area (Å²) in [7, 11) is 1.58. The van der Waals surface area contributed by atoms with Gasteiger partial charge in [-0.2, -0.15) is 0 Å². The molecule has 0 spiro atoms. The van der Waals surface area contributed by atoms with Gasteiger partial charge in [0.05, 0.1) is 17.2 Å². The normalized spacial score (nSPS) is 11.5. The van der Waals surface area contributed by atoms with Crippen LogP contribution in [0.15, 0.2) is 23.4 Å². The van der Waals surface area contributed by atoms with Crippen molar-refractivity contribution in [1.82, 2.24) is 0 Å². The molecule has 0 heterocycles. The van der Waals surface area contributed by atoms with Crippen LogP contribution in [0.2, 0.25) is 5.02 Å². The number of ether oxygens (including phenoxy) is 2. The molecule has 0 unspecified atom stereocenters. The fourth-order valence-electron chi connectivity index (χ4n) is 1.16. The molecule has 6 heteroatoms. The second-order valence-electron chi connectivity index (χ2n) is 2.94. The van der Waals surface area contributed by atoms with E-state index in [0.717, 1.165) is 0 Å².